The molecular formula is C16H20BrF3S. The lowest BCUT2D eigenvalue weighted by Gasteiger charge is -2.04. The summed E-state index contributed by atoms with van der Waals surface area (Å²) >= 11 is 0. The van der Waals surface area contributed by atoms with Crippen LogP contribution >= 0.6 is 10.5 Å². The van der Waals surface area contributed by atoms with Crippen molar-refractivity contribution in [3.8, 4) is 0 Å². The summed E-state index contributed by atoms with van der Waals surface area (Å²) in [4.78, 5) is 0.551. The molecule has 118 valence electrons. The molecule has 0 saturated heterocycles. The Labute approximate surface area is 137 Å². The molecule has 0 aliphatic carbocycles. The molecule has 1 unspecified atom stereocenters. The molecule has 1 atom stereocenters. The highest BCUT2D eigenvalue weighted by molar-refractivity contribution is 7.38. The third-order valence-electron chi connectivity index (χ3n) is 3.51. The minimum absolute atomic E-state index is 0. The van der Waals surface area contributed by atoms with Crippen LogP contribution in [0.25, 0.3) is 10.1 Å². The molecule has 1 aromatic carbocycles. The normalized spacial score (nSPS) is 12.8. The van der Waals surface area contributed by atoms with Gasteiger partial charge in [0.1, 0.15) is 0 Å². The molecule has 0 fully saturated rings. The molecule has 0 spiro atoms. The molecule has 0 radical (unpaired) electrons. The molecule has 0 aliphatic rings. The van der Waals surface area contributed by atoms with Crippen molar-refractivity contribution in [2.24, 2.45) is 0 Å². The van der Waals surface area contributed by atoms with Gasteiger partial charge in [-0.25, -0.2) is 0 Å². The average molecular weight is 381 g/mol. The number of benzene rings is 1. The molecule has 0 N–H and O–H groups in total. The number of hydrogen-bond acceptors (Lipinski definition) is 0. The lowest BCUT2D eigenvalue weighted by atomic mass is 10.0. The van der Waals surface area contributed by atoms with Crippen LogP contribution in [0.4, 0.5) is 13.2 Å². The second-order valence-corrected chi connectivity index (χ2v) is 7.46. The first-order valence-corrected chi connectivity index (χ1v) is 8.22. The summed E-state index contributed by atoms with van der Waals surface area (Å²) in [5.41, 5.74) is -3.18. The maximum absolute atomic E-state index is 13.4. The highest BCUT2D eigenvalue weighted by Gasteiger charge is 2.47. The van der Waals surface area contributed by atoms with Crippen LogP contribution in [0.5, 0.6) is 0 Å². The monoisotopic (exact) mass is 380 g/mol. The minimum atomic E-state index is -4.17. The van der Waals surface area contributed by atoms with E-state index in [2.05, 4.69) is 0 Å². The molecule has 0 aliphatic heterocycles. The van der Waals surface area contributed by atoms with Crippen LogP contribution in [0.3, 0.4) is 0 Å². The average Bonchev–Trinajstić information content (AvgIpc) is 2.72. The number of hydrogen-bond donors (Lipinski definition) is 0. The van der Waals surface area contributed by atoms with Gasteiger partial charge in [0.2, 0.25) is 0 Å². The fourth-order valence-electron chi connectivity index (χ4n) is 2.38. The van der Waals surface area contributed by atoms with Gasteiger partial charge in [-0.05, 0) is 24.0 Å². The quantitative estimate of drug-likeness (QED) is 0.711. The first-order chi connectivity index (χ1) is 9.34. The molecule has 2 aromatic rings. The van der Waals surface area contributed by atoms with Crippen LogP contribution in [0, 0.1) is 0 Å². The lowest BCUT2D eigenvalue weighted by molar-refractivity contribution is -0.0867. The Bertz CT molecular complexity index is 599. The Morgan fingerprint density at radius 2 is 1.81 bits per heavy atom. The molecule has 1 heterocycles. The van der Waals surface area contributed by atoms with E-state index in [1.807, 2.05) is 32.9 Å². The maximum Gasteiger partial charge on any atom is 0.600 e. The van der Waals surface area contributed by atoms with E-state index in [0.29, 0.717) is 16.0 Å². The highest BCUT2D eigenvalue weighted by Crippen LogP contribution is 2.51. The van der Waals surface area contributed by atoms with Crippen molar-refractivity contribution in [2.75, 3.05) is 0 Å². The summed E-state index contributed by atoms with van der Waals surface area (Å²) in [5.74, 6) is 0.249. The fourth-order valence-corrected chi connectivity index (χ4v) is 4.42. The van der Waals surface area contributed by atoms with Crippen molar-refractivity contribution in [3.05, 3.63) is 34.7 Å². The molecule has 0 nitrogen and oxygen atoms in total. The Hall–Kier alpha value is -0.550. The summed E-state index contributed by atoms with van der Waals surface area (Å²) in [5, 5.41) is 0.751. The summed E-state index contributed by atoms with van der Waals surface area (Å²) in [6.45, 7) is 6.02. The maximum atomic E-state index is 13.4. The summed E-state index contributed by atoms with van der Waals surface area (Å²) in [6.07, 6.45) is 2.28. The van der Waals surface area contributed by atoms with E-state index in [1.165, 1.54) is 0 Å². The van der Waals surface area contributed by atoms with Gasteiger partial charge in [-0.1, -0.05) is 33.3 Å². The number of fused-ring (bicyclic) bond motifs is 1. The highest BCUT2D eigenvalue weighted by atomic mass is 79.9. The van der Waals surface area contributed by atoms with Crippen molar-refractivity contribution in [3.63, 3.8) is 0 Å². The van der Waals surface area contributed by atoms with Crippen molar-refractivity contribution in [2.45, 2.75) is 51.5 Å². The Morgan fingerprint density at radius 3 is 2.33 bits per heavy atom. The number of rotatable bonds is 4. The SMILES string of the molecule is CCCCc1cc2ccc(C(C)C)cc2[s+]1C(F)(F)F.[Br-]. The number of unbranched alkanes of at least 4 members (excludes halogenated alkanes) is 1. The molecule has 0 saturated carbocycles. The second-order valence-electron chi connectivity index (χ2n) is 5.42. The number of aryl methyl sites for hydroxylation is 1. The zero-order valence-electron chi connectivity index (χ0n) is 12.4. The van der Waals surface area contributed by atoms with Gasteiger partial charge in [-0.3, -0.25) is 0 Å². The van der Waals surface area contributed by atoms with Crippen LogP contribution in [-0.4, -0.2) is 0 Å². The van der Waals surface area contributed by atoms with Crippen molar-refractivity contribution in [1.29, 1.82) is 0 Å². The summed E-state index contributed by atoms with van der Waals surface area (Å²) < 4.78 is 40.7. The third kappa shape index (κ3) is 4.01. The van der Waals surface area contributed by atoms with Crippen molar-refractivity contribution < 1.29 is 30.2 Å². The predicted octanol–water partition coefficient (Wildman–Crippen LogP) is 3.54. The largest absolute Gasteiger partial charge is 1.00 e. The fraction of sp³-hybridized carbons (Fsp3) is 0.500. The Balaban J connectivity index is 0.00000220. The van der Waals surface area contributed by atoms with Gasteiger partial charge >= 0.3 is 5.51 Å². The summed E-state index contributed by atoms with van der Waals surface area (Å²) in [7, 11) is -1.72. The van der Waals surface area contributed by atoms with Gasteiger partial charge in [0, 0.05) is 23.9 Å². The van der Waals surface area contributed by atoms with Gasteiger partial charge in [0.05, 0.1) is 10.5 Å². The van der Waals surface area contributed by atoms with Crippen molar-refractivity contribution >= 4 is 20.6 Å². The van der Waals surface area contributed by atoms with E-state index in [4.69, 9.17) is 0 Å². The number of thiophene rings is 1. The molecule has 0 amide bonds. The number of alkyl halides is 3. The van der Waals surface area contributed by atoms with Crippen LogP contribution in [0.1, 0.15) is 50.0 Å². The lowest BCUT2D eigenvalue weighted by Crippen LogP contribution is -3.00. The smallest absolute Gasteiger partial charge is 0.600 e. The molecule has 5 heteroatoms. The van der Waals surface area contributed by atoms with E-state index in [9.17, 15) is 13.2 Å². The zero-order valence-corrected chi connectivity index (χ0v) is 14.8. The molecule has 21 heavy (non-hydrogen) atoms. The Kier molecular flexibility index (Phi) is 6.29. The van der Waals surface area contributed by atoms with Gasteiger partial charge in [-0.15, -0.1) is 13.2 Å². The molecule has 0 bridgehead atoms. The predicted molar refractivity (Wildman–Crippen MR) is 80.4 cm³/mol. The number of halogens is 4. The molecule has 2 rings (SSSR count). The van der Waals surface area contributed by atoms with Crippen LogP contribution in [0.15, 0.2) is 24.3 Å². The Morgan fingerprint density at radius 1 is 1.14 bits per heavy atom. The third-order valence-corrected chi connectivity index (χ3v) is 5.61. The topological polar surface area (TPSA) is 0 Å². The van der Waals surface area contributed by atoms with Crippen LogP contribution < -0.4 is 17.0 Å². The van der Waals surface area contributed by atoms with Gasteiger partial charge in [-0.2, -0.15) is 0 Å². The standard InChI is InChI=1S/C16H20F3S.BrH/c1-4-5-6-14-9-13-8-7-12(11(2)3)10-15(13)20(14)16(17,18)19;/h7-11H,4-6H2,1-3H3;1H/q+1;/p-1. The van der Waals surface area contributed by atoms with Gasteiger partial charge in [0.25, 0.3) is 0 Å². The molecule has 1 aromatic heterocycles. The summed E-state index contributed by atoms with van der Waals surface area (Å²) in [6, 6.07) is 7.30. The van der Waals surface area contributed by atoms with Gasteiger partial charge in [0.15, 0.2) is 9.58 Å². The van der Waals surface area contributed by atoms with Crippen molar-refractivity contribution in [1.82, 2.24) is 0 Å². The second kappa shape index (κ2) is 7.14. The van der Waals surface area contributed by atoms with E-state index in [0.717, 1.165) is 23.8 Å². The zero-order chi connectivity index (χ0) is 14.9. The minimum Gasteiger partial charge on any atom is -1.00 e. The van der Waals surface area contributed by atoms with E-state index >= 15 is 0 Å². The van der Waals surface area contributed by atoms with E-state index in [1.54, 1.807) is 12.1 Å². The van der Waals surface area contributed by atoms with Gasteiger partial charge < -0.3 is 17.0 Å². The van der Waals surface area contributed by atoms with E-state index in [-0.39, 0.29) is 22.9 Å². The van der Waals surface area contributed by atoms with E-state index < -0.39 is 16.0 Å². The molecular weight excluding hydrogens is 361 g/mol. The van der Waals surface area contributed by atoms with Crippen LogP contribution in [-0.2, 0) is 11.9 Å². The first-order valence-electron chi connectivity index (χ1n) is 7.00. The first kappa shape index (κ1) is 18.5. The van der Waals surface area contributed by atoms with Crippen LogP contribution in [0.2, 0.25) is 0 Å².